The van der Waals surface area contributed by atoms with E-state index in [1.807, 2.05) is 0 Å². The first-order valence-electron chi connectivity index (χ1n) is 9.25. The largest absolute Gasteiger partial charge is 0.394 e. The fourth-order valence-electron chi connectivity index (χ4n) is 2.72. The molecule has 0 aromatic carbocycles. The van der Waals surface area contributed by atoms with E-state index < -0.39 is 5.54 Å². The Morgan fingerprint density at radius 1 is 0.591 bits per heavy atom. The summed E-state index contributed by atoms with van der Waals surface area (Å²) in [5.74, 6) is 0. The van der Waals surface area contributed by atoms with Gasteiger partial charge in [0.2, 0.25) is 0 Å². The summed E-state index contributed by atoms with van der Waals surface area (Å²) in [6.45, 7) is -0.444. The Kier molecular flexibility index (Phi) is 15.6. The number of aliphatic hydroxyl groups excluding tert-OH is 2. The summed E-state index contributed by atoms with van der Waals surface area (Å²) >= 11 is 0. The van der Waals surface area contributed by atoms with Crippen LogP contribution in [-0.2, 0) is 0 Å². The molecule has 0 saturated carbocycles. The molecule has 0 fully saturated rings. The van der Waals surface area contributed by atoms with Crippen molar-refractivity contribution in [2.24, 2.45) is 5.73 Å². The van der Waals surface area contributed by atoms with Gasteiger partial charge in [0.05, 0.1) is 25.4 Å². The Hall–Kier alpha value is -0.190. The smallest absolute Gasteiger partial charge is 0.0894 e. The Bertz CT molecular complexity index is 223. The van der Waals surface area contributed by atoms with Gasteiger partial charge in [0.15, 0.2) is 0 Å². The monoisotopic (exact) mass is 318 g/mol. The van der Waals surface area contributed by atoms with Crippen molar-refractivity contribution in [3.63, 3.8) is 0 Å². The van der Waals surface area contributed by atoms with Crippen LogP contribution in [0.2, 0.25) is 0 Å². The van der Waals surface area contributed by atoms with Crippen LogP contribution in [-0.4, -0.2) is 35.6 Å². The number of hydrogen-bond donors (Lipinski definition) is 3. The van der Waals surface area contributed by atoms with Crippen LogP contribution in [0.25, 0.3) is 0 Å². The third-order valence-corrected chi connectivity index (χ3v) is 4.44. The van der Waals surface area contributed by atoms with E-state index in [0.717, 1.165) is 25.7 Å². The number of alkyl halides is 1. The van der Waals surface area contributed by atoms with E-state index in [4.69, 9.17) is 15.9 Å². The van der Waals surface area contributed by atoms with Crippen LogP contribution < -0.4 is 5.73 Å². The summed E-state index contributed by atoms with van der Waals surface area (Å²) < 4.78 is 11.9. The number of unbranched alkanes of at least 4 members (excludes halogenated alkanes) is 12. The quantitative estimate of drug-likeness (QED) is 0.354. The second kappa shape index (κ2) is 15.7. The molecule has 0 spiro atoms. The van der Waals surface area contributed by atoms with Gasteiger partial charge in [-0.1, -0.05) is 77.0 Å². The minimum Gasteiger partial charge on any atom is -0.394 e. The molecule has 0 aliphatic heterocycles. The third-order valence-electron chi connectivity index (χ3n) is 4.44. The molecule has 0 heterocycles. The van der Waals surface area contributed by atoms with Crippen LogP contribution in [0, 0.1) is 0 Å². The van der Waals surface area contributed by atoms with Crippen LogP contribution >= 0.6 is 0 Å². The highest BCUT2D eigenvalue weighted by Gasteiger charge is 2.21. The van der Waals surface area contributed by atoms with Crippen LogP contribution in [0.15, 0.2) is 0 Å². The topological polar surface area (TPSA) is 66.5 Å². The fourth-order valence-corrected chi connectivity index (χ4v) is 2.72. The SMILES string of the molecule is NC(CO)(CO)CCCCCCCCCCCCCCC[18F]. The number of hydrogen-bond acceptors (Lipinski definition) is 3. The second-order valence-electron chi connectivity index (χ2n) is 6.71. The zero-order valence-electron chi connectivity index (χ0n) is 14.4. The summed E-state index contributed by atoms with van der Waals surface area (Å²) in [5, 5.41) is 18.2. The van der Waals surface area contributed by atoms with Crippen molar-refractivity contribution >= 4 is 0 Å². The first-order valence-corrected chi connectivity index (χ1v) is 9.25. The molecular weight excluding hydrogens is 280 g/mol. The van der Waals surface area contributed by atoms with Crippen molar-refractivity contribution in [3.05, 3.63) is 0 Å². The molecule has 22 heavy (non-hydrogen) atoms. The maximum absolute atomic E-state index is 11.9. The molecule has 0 atom stereocenters. The Labute approximate surface area is 136 Å². The van der Waals surface area contributed by atoms with E-state index in [0.29, 0.717) is 6.42 Å². The Morgan fingerprint density at radius 2 is 0.909 bits per heavy atom. The van der Waals surface area contributed by atoms with Gasteiger partial charge in [-0.3, -0.25) is 4.39 Å². The summed E-state index contributed by atoms with van der Waals surface area (Å²) in [6.07, 6.45) is 16.1. The molecule has 4 N–H and O–H groups in total. The first-order chi connectivity index (χ1) is 10.7. The van der Waals surface area contributed by atoms with Gasteiger partial charge >= 0.3 is 0 Å². The standard InChI is InChI=1S/C18H38FNO2/c19-15-13-11-9-7-5-3-1-2-4-6-8-10-12-14-18(20,16-21)17-22/h21-22H,1-17,20H2/i19-1. The lowest BCUT2D eigenvalue weighted by Gasteiger charge is -2.24. The molecule has 0 aliphatic carbocycles. The highest BCUT2D eigenvalue weighted by atomic mass is 18.2. The summed E-state index contributed by atoms with van der Waals surface area (Å²) in [4.78, 5) is 0. The molecule has 0 saturated heterocycles. The van der Waals surface area contributed by atoms with Crippen molar-refractivity contribution in [3.8, 4) is 0 Å². The van der Waals surface area contributed by atoms with Gasteiger partial charge in [-0.15, -0.1) is 0 Å². The number of aliphatic hydroxyl groups is 2. The average molecular weight is 319 g/mol. The van der Waals surface area contributed by atoms with Gasteiger partial charge in [0, 0.05) is 0 Å². The van der Waals surface area contributed by atoms with Crippen LogP contribution in [0.4, 0.5) is 4.39 Å². The van der Waals surface area contributed by atoms with E-state index in [9.17, 15) is 4.39 Å². The summed E-state index contributed by atoms with van der Waals surface area (Å²) in [5.41, 5.74) is 5.04. The Morgan fingerprint density at radius 3 is 1.23 bits per heavy atom. The average Bonchev–Trinajstić information content (AvgIpc) is 2.55. The van der Waals surface area contributed by atoms with Gasteiger partial charge in [-0.25, -0.2) is 0 Å². The maximum atomic E-state index is 11.9. The predicted octanol–water partition coefficient (Wildman–Crippen LogP) is 4.10. The van der Waals surface area contributed by atoms with Crippen molar-refractivity contribution < 1.29 is 14.6 Å². The van der Waals surface area contributed by atoms with Crippen LogP contribution in [0.5, 0.6) is 0 Å². The number of nitrogens with two attached hydrogens (primary N) is 1. The molecule has 0 unspecified atom stereocenters. The van der Waals surface area contributed by atoms with Crippen LogP contribution in [0.3, 0.4) is 0 Å². The van der Waals surface area contributed by atoms with E-state index in [2.05, 4.69) is 0 Å². The lowest BCUT2D eigenvalue weighted by Crippen LogP contribution is -2.47. The molecule has 0 aromatic rings. The van der Waals surface area contributed by atoms with Crippen molar-refractivity contribution in [2.75, 3.05) is 19.9 Å². The highest BCUT2D eigenvalue weighted by molar-refractivity contribution is 4.81. The molecule has 4 heteroatoms. The van der Waals surface area contributed by atoms with Crippen molar-refractivity contribution in [1.29, 1.82) is 0 Å². The normalized spacial score (nSPS) is 12.0. The van der Waals surface area contributed by atoms with E-state index >= 15 is 0 Å². The van der Waals surface area contributed by atoms with Crippen molar-refractivity contribution in [2.45, 2.75) is 95.4 Å². The molecule has 0 aliphatic rings. The third kappa shape index (κ3) is 13.5. The van der Waals surface area contributed by atoms with Gasteiger partial charge < -0.3 is 15.9 Å². The zero-order valence-corrected chi connectivity index (χ0v) is 14.4. The molecule has 134 valence electrons. The minimum absolute atomic E-state index is 0.142. The summed E-state index contributed by atoms with van der Waals surface area (Å²) in [7, 11) is 0. The Balaban J connectivity index is 3.14. The van der Waals surface area contributed by atoms with Gasteiger partial charge in [-0.05, 0) is 12.8 Å². The maximum Gasteiger partial charge on any atom is 0.0894 e. The minimum atomic E-state index is -0.787. The molecule has 3 nitrogen and oxygen atoms in total. The van der Waals surface area contributed by atoms with Gasteiger partial charge in [-0.2, -0.15) is 0 Å². The molecular formula is C18H38FNO2. The van der Waals surface area contributed by atoms with E-state index in [1.165, 1.54) is 57.8 Å². The van der Waals surface area contributed by atoms with E-state index in [1.54, 1.807) is 0 Å². The van der Waals surface area contributed by atoms with Gasteiger partial charge in [0.25, 0.3) is 0 Å². The number of halogens is 1. The molecule has 0 rings (SSSR count). The highest BCUT2D eigenvalue weighted by Crippen LogP contribution is 2.15. The lowest BCUT2D eigenvalue weighted by atomic mass is 9.94. The second-order valence-corrected chi connectivity index (χ2v) is 6.71. The molecule has 0 aromatic heterocycles. The molecule has 0 radical (unpaired) electrons. The zero-order chi connectivity index (χ0) is 16.5. The lowest BCUT2D eigenvalue weighted by molar-refractivity contribution is 0.112. The predicted molar refractivity (Wildman–Crippen MR) is 91.7 cm³/mol. The first kappa shape index (κ1) is 21.8. The van der Waals surface area contributed by atoms with Crippen LogP contribution in [0.1, 0.15) is 89.9 Å². The number of rotatable bonds is 17. The summed E-state index contributed by atoms with van der Waals surface area (Å²) in [6, 6.07) is 0. The molecule has 0 bridgehead atoms. The van der Waals surface area contributed by atoms with Gasteiger partial charge in [0.1, 0.15) is 0 Å². The fraction of sp³-hybridized carbons (Fsp3) is 1.00. The van der Waals surface area contributed by atoms with Crippen molar-refractivity contribution in [1.82, 2.24) is 0 Å². The van der Waals surface area contributed by atoms with E-state index in [-0.39, 0.29) is 19.9 Å². The molecule has 0 amide bonds.